The van der Waals surface area contributed by atoms with Gasteiger partial charge in [-0.15, -0.1) is 0 Å². The van der Waals surface area contributed by atoms with Gasteiger partial charge >= 0.3 is 5.97 Å². The van der Waals surface area contributed by atoms with E-state index >= 15 is 0 Å². The minimum atomic E-state index is -0.970. The molecule has 0 saturated heterocycles. The molecule has 0 aliphatic carbocycles. The molecule has 0 saturated carbocycles. The van der Waals surface area contributed by atoms with Gasteiger partial charge in [-0.2, -0.15) is 0 Å². The number of rotatable bonds is 7. The summed E-state index contributed by atoms with van der Waals surface area (Å²) in [4.78, 5) is 22.2. The van der Waals surface area contributed by atoms with Crippen molar-refractivity contribution in [2.24, 2.45) is 0 Å². The van der Waals surface area contributed by atoms with Crippen LogP contribution in [0.25, 0.3) is 0 Å². The number of hydrogen-bond acceptors (Lipinski definition) is 2. The lowest BCUT2D eigenvalue weighted by Gasteiger charge is -2.05. The molecule has 18 heavy (non-hydrogen) atoms. The summed E-state index contributed by atoms with van der Waals surface area (Å²) in [6, 6.07) is 6.14. The summed E-state index contributed by atoms with van der Waals surface area (Å²) < 4.78 is 0. The summed E-state index contributed by atoms with van der Waals surface area (Å²) in [6.07, 6.45) is 3.45. The lowest BCUT2D eigenvalue weighted by atomic mass is 10.2. The molecule has 0 aliphatic rings. The van der Waals surface area contributed by atoms with E-state index in [1.807, 2.05) is 0 Å². The van der Waals surface area contributed by atoms with E-state index < -0.39 is 5.97 Å². The van der Waals surface area contributed by atoms with E-state index in [-0.39, 0.29) is 11.5 Å². The molecular formula is C13H16BrNO3. The highest BCUT2D eigenvalue weighted by molar-refractivity contribution is 9.09. The Labute approximate surface area is 115 Å². The molecule has 1 aromatic rings. The van der Waals surface area contributed by atoms with Gasteiger partial charge in [0.15, 0.2) is 0 Å². The second kappa shape index (κ2) is 7.87. The van der Waals surface area contributed by atoms with Crippen molar-refractivity contribution in [3.8, 4) is 0 Å². The van der Waals surface area contributed by atoms with Crippen LogP contribution in [0.1, 0.15) is 36.0 Å². The van der Waals surface area contributed by atoms with Crippen molar-refractivity contribution in [2.45, 2.75) is 25.7 Å². The SMILES string of the molecule is O=C(CCCCCBr)Nc1ccc(C(=O)O)cc1. The second-order valence-corrected chi connectivity index (χ2v) is 4.72. The van der Waals surface area contributed by atoms with Gasteiger partial charge in [-0.3, -0.25) is 4.79 Å². The monoisotopic (exact) mass is 313 g/mol. The molecule has 0 fully saturated rings. The van der Waals surface area contributed by atoms with Crippen LogP contribution in [0.5, 0.6) is 0 Å². The molecule has 1 rings (SSSR count). The number of hydrogen-bond donors (Lipinski definition) is 2. The Balaban J connectivity index is 2.37. The third-order valence-corrected chi connectivity index (χ3v) is 3.01. The quantitative estimate of drug-likeness (QED) is 0.599. The van der Waals surface area contributed by atoms with Crippen LogP contribution in [0, 0.1) is 0 Å². The van der Waals surface area contributed by atoms with Crippen molar-refractivity contribution < 1.29 is 14.7 Å². The van der Waals surface area contributed by atoms with Crippen LogP contribution in [-0.4, -0.2) is 22.3 Å². The maximum Gasteiger partial charge on any atom is 0.335 e. The van der Waals surface area contributed by atoms with E-state index in [2.05, 4.69) is 21.2 Å². The number of carboxylic acids is 1. The fourth-order valence-electron chi connectivity index (χ4n) is 1.48. The Morgan fingerprint density at radius 3 is 2.33 bits per heavy atom. The van der Waals surface area contributed by atoms with Crippen molar-refractivity contribution in [3.05, 3.63) is 29.8 Å². The molecule has 0 bridgehead atoms. The highest BCUT2D eigenvalue weighted by Crippen LogP contribution is 2.11. The van der Waals surface area contributed by atoms with Crippen LogP contribution >= 0.6 is 15.9 Å². The average Bonchev–Trinajstić information content (AvgIpc) is 2.35. The molecule has 1 aromatic carbocycles. The highest BCUT2D eigenvalue weighted by Gasteiger charge is 2.04. The van der Waals surface area contributed by atoms with E-state index in [0.717, 1.165) is 24.6 Å². The van der Waals surface area contributed by atoms with E-state index in [4.69, 9.17) is 5.11 Å². The number of halogens is 1. The minimum absolute atomic E-state index is 0.0346. The average molecular weight is 314 g/mol. The lowest BCUT2D eigenvalue weighted by molar-refractivity contribution is -0.116. The van der Waals surface area contributed by atoms with Gasteiger partial charge in [0.25, 0.3) is 0 Å². The molecule has 5 heteroatoms. The zero-order chi connectivity index (χ0) is 13.4. The third kappa shape index (κ3) is 5.31. The maximum absolute atomic E-state index is 11.6. The van der Waals surface area contributed by atoms with Crippen molar-refractivity contribution in [1.29, 1.82) is 0 Å². The van der Waals surface area contributed by atoms with Crippen LogP contribution in [0.4, 0.5) is 5.69 Å². The van der Waals surface area contributed by atoms with E-state index in [1.165, 1.54) is 12.1 Å². The minimum Gasteiger partial charge on any atom is -0.478 e. The van der Waals surface area contributed by atoms with Crippen LogP contribution < -0.4 is 5.32 Å². The number of alkyl halides is 1. The smallest absolute Gasteiger partial charge is 0.335 e. The van der Waals surface area contributed by atoms with E-state index in [9.17, 15) is 9.59 Å². The van der Waals surface area contributed by atoms with Gasteiger partial charge in [0.2, 0.25) is 5.91 Å². The number of aromatic carboxylic acids is 1. The fourth-order valence-corrected chi connectivity index (χ4v) is 1.87. The normalized spacial score (nSPS) is 10.1. The Hall–Kier alpha value is -1.36. The van der Waals surface area contributed by atoms with Crippen LogP contribution in [0.15, 0.2) is 24.3 Å². The Bertz CT molecular complexity index is 403. The van der Waals surface area contributed by atoms with Crippen LogP contribution in [0.2, 0.25) is 0 Å². The molecule has 4 nitrogen and oxygen atoms in total. The number of amides is 1. The first-order chi connectivity index (χ1) is 8.63. The van der Waals surface area contributed by atoms with Crippen molar-refractivity contribution in [3.63, 3.8) is 0 Å². The first kappa shape index (κ1) is 14.7. The Kier molecular flexibility index (Phi) is 6.43. The molecule has 1 amide bonds. The van der Waals surface area contributed by atoms with Gasteiger partial charge in [0, 0.05) is 17.4 Å². The van der Waals surface area contributed by atoms with Crippen LogP contribution in [-0.2, 0) is 4.79 Å². The second-order valence-electron chi connectivity index (χ2n) is 3.93. The van der Waals surface area contributed by atoms with Gasteiger partial charge < -0.3 is 10.4 Å². The number of nitrogens with one attached hydrogen (secondary N) is 1. The first-order valence-corrected chi connectivity index (χ1v) is 6.95. The molecule has 0 unspecified atom stereocenters. The molecule has 98 valence electrons. The molecule has 0 atom stereocenters. The summed E-state index contributed by atoms with van der Waals surface area (Å²) in [5.41, 5.74) is 0.843. The molecule has 2 N–H and O–H groups in total. The summed E-state index contributed by atoms with van der Waals surface area (Å²) >= 11 is 3.34. The number of carbonyl (C=O) groups excluding carboxylic acids is 1. The van der Waals surface area contributed by atoms with Crippen molar-refractivity contribution >= 4 is 33.5 Å². The molecule has 0 aromatic heterocycles. The third-order valence-electron chi connectivity index (χ3n) is 2.45. The predicted molar refractivity (Wildman–Crippen MR) is 74.3 cm³/mol. The largest absolute Gasteiger partial charge is 0.478 e. The molecule has 0 radical (unpaired) electrons. The molecule has 0 spiro atoms. The summed E-state index contributed by atoms with van der Waals surface area (Å²) in [7, 11) is 0. The maximum atomic E-state index is 11.6. The summed E-state index contributed by atoms with van der Waals surface area (Å²) in [6.45, 7) is 0. The van der Waals surface area contributed by atoms with Crippen molar-refractivity contribution in [1.82, 2.24) is 0 Å². The van der Waals surface area contributed by atoms with Gasteiger partial charge in [0.1, 0.15) is 0 Å². The number of anilines is 1. The lowest BCUT2D eigenvalue weighted by Crippen LogP contribution is -2.11. The molecular weight excluding hydrogens is 298 g/mol. The zero-order valence-corrected chi connectivity index (χ0v) is 11.6. The van der Waals surface area contributed by atoms with Gasteiger partial charge in [-0.1, -0.05) is 22.4 Å². The number of carboxylic acid groups (broad SMARTS) is 1. The Morgan fingerprint density at radius 1 is 1.11 bits per heavy atom. The topological polar surface area (TPSA) is 66.4 Å². The molecule has 0 heterocycles. The van der Waals surface area contributed by atoms with E-state index in [0.29, 0.717) is 12.1 Å². The van der Waals surface area contributed by atoms with Crippen LogP contribution in [0.3, 0.4) is 0 Å². The Morgan fingerprint density at radius 2 is 1.78 bits per heavy atom. The standard InChI is InChI=1S/C13H16BrNO3/c14-9-3-1-2-4-12(16)15-11-7-5-10(6-8-11)13(17)18/h5-8H,1-4,9H2,(H,15,16)(H,17,18). The first-order valence-electron chi connectivity index (χ1n) is 5.82. The number of benzene rings is 1. The van der Waals surface area contributed by atoms with Gasteiger partial charge in [0.05, 0.1) is 5.56 Å². The van der Waals surface area contributed by atoms with E-state index in [1.54, 1.807) is 12.1 Å². The predicted octanol–water partition coefficient (Wildman–Crippen LogP) is 3.28. The zero-order valence-electron chi connectivity index (χ0n) is 9.99. The molecule has 0 aliphatic heterocycles. The van der Waals surface area contributed by atoms with Crippen molar-refractivity contribution in [2.75, 3.05) is 10.6 Å². The van der Waals surface area contributed by atoms with Gasteiger partial charge in [-0.25, -0.2) is 4.79 Å². The highest BCUT2D eigenvalue weighted by atomic mass is 79.9. The fraction of sp³-hybridized carbons (Fsp3) is 0.385. The van der Waals surface area contributed by atoms with Gasteiger partial charge in [-0.05, 0) is 37.1 Å². The number of carbonyl (C=O) groups is 2. The summed E-state index contributed by atoms with van der Waals surface area (Å²) in [5, 5.41) is 12.4. The summed E-state index contributed by atoms with van der Waals surface area (Å²) in [5.74, 6) is -1.00. The number of unbranched alkanes of at least 4 members (excludes halogenated alkanes) is 2.